The van der Waals surface area contributed by atoms with Crippen LogP contribution in [0.2, 0.25) is 0 Å². The summed E-state index contributed by atoms with van der Waals surface area (Å²) in [7, 11) is 0. The van der Waals surface area contributed by atoms with Crippen molar-refractivity contribution in [3.63, 3.8) is 0 Å². The van der Waals surface area contributed by atoms with Crippen LogP contribution in [0.4, 0.5) is 9.93 Å². The highest BCUT2D eigenvalue weighted by Crippen LogP contribution is 2.29. The van der Waals surface area contributed by atoms with Gasteiger partial charge in [0.1, 0.15) is 12.1 Å². The van der Waals surface area contributed by atoms with Gasteiger partial charge in [-0.3, -0.25) is 4.79 Å². The van der Waals surface area contributed by atoms with E-state index in [9.17, 15) is 9.59 Å². The molecule has 0 unspecified atom stereocenters. The van der Waals surface area contributed by atoms with Crippen LogP contribution in [-0.4, -0.2) is 42.3 Å². The van der Waals surface area contributed by atoms with E-state index in [0.29, 0.717) is 11.7 Å². The molecule has 0 radical (unpaired) electrons. The van der Waals surface area contributed by atoms with Crippen molar-refractivity contribution >= 4 is 34.0 Å². The minimum Gasteiger partial charge on any atom is -0.444 e. The van der Waals surface area contributed by atoms with Crippen molar-refractivity contribution in [3.05, 3.63) is 41.3 Å². The smallest absolute Gasteiger partial charge is 0.408 e. The molecule has 2 amide bonds. The quantitative estimate of drug-likeness (QED) is 0.768. The number of thiazole rings is 1. The lowest BCUT2D eigenvalue weighted by molar-refractivity contribution is -0.115. The molecular weight excluding hydrogens is 390 g/mol. The molecular formula is C21H25N3O4S. The molecule has 0 spiro atoms. The van der Waals surface area contributed by atoms with Crippen molar-refractivity contribution in [1.82, 2.24) is 10.3 Å². The average molecular weight is 416 g/mol. The molecule has 29 heavy (non-hydrogen) atoms. The first-order valence-electron chi connectivity index (χ1n) is 9.40. The molecule has 2 heterocycles. The Balaban J connectivity index is 1.59. The Morgan fingerprint density at radius 3 is 2.79 bits per heavy atom. The molecule has 1 aromatic carbocycles. The predicted octanol–water partition coefficient (Wildman–Crippen LogP) is 4.08. The van der Waals surface area contributed by atoms with Crippen LogP contribution in [0, 0.1) is 0 Å². The number of hydrogen-bond acceptors (Lipinski definition) is 6. The van der Waals surface area contributed by atoms with E-state index >= 15 is 0 Å². The molecule has 0 atom stereocenters. The van der Waals surface area contributed by atoms with Gasteiger partial charge in [0.25, 0.3) is 0 Å². The van der Waals surface area contributed by atoms with E-state index in [1.807, 2.05) is 17.5 Å². The van der Waals surface area contributed by atoms with Gasteiger partial charge in [-0.25, -0.2) is 9.78 Å². The van der Waals surface area contributed by atoms with Gasteiger partial charge in [-0.05, 0) is 44.4 Å². The highest BCUT2D eigenvalue weighted by atomic mass is 32.1. The maximum atomic E-state index is 12.1. The fourth-order valence-corrected chi connectivity index (χ4v) is 3.50. The third-order valence-electron chi connectivity index (χ3n) is 4.04. The van der Waals surface area contributed by atoms with E-state index in [1.165, 1.54) is 16.9 Å². The summed E-state index contributed by atoms with van der Waals surface area (Å²) in [6.07, 6.45) is 2.37. The minimum absolute atomic E-state index is 0.185. The Morgan fingerprint density at radius 2 is 2.07 bits per heavy atom. The van der Waals surface area contributed by atoms with Crippen molar-refractivity contribution in [1.29, 1.82) is 0 Å². The number of hydrogen-bond donors (Lipinski definition) is 2. The Kier molecular flexibility index (Phi) is 6.66. The molecule has 7 nitrogen and oxygen atoms in total. The van der Waals surface area contributed by atoms with E-state index in [1.54, 1.807) is 20.8 Å². The monoisotopic (exact) mass is 415 g/mol. The SMILES string of the molecule is CC(C)(C)OC(=O)NCC(=O)Nc1nc(-c2cccc(C3=CCOCC3)c2)cs1. The summed E-state index contributed by atoms with van der Waals surface area (Å²) >= 11 is 1.34. The van der Waals surface area contributed by atoms with Crippen LogP contribution in [-0.2, 0) is 14.3 Å². The first-order valence-corrected chi connectivity index (χ1v) is 10.3. The molecule has 0 bridgehead atoms. The fraction of sp³-hybridized carbons (Fsp3) is 0.381. The maximum Gasteiger partial charge on any atom is 0.408 e. The lowest BCUT2D eigenvalue weighted by Gasteiger charge is -2.19. The number of ether oxygens (including phenoxy) is 2. The number of anilines is 1. The van der Waals surface area contributed by atoms with E-state index < -0.39 is 11.7 Å². The van der Waals surface area contributed by atoms with Gasteiger partial charge < -0.3 is 20.1 Å². The third-order valence-corrected chi connectivity index (χ3v) is 4.79. The number of alkyl carbamates (subject to hydrolysis) is 1. The van der Waals surface area contributed by atoms with Crippen LogP contribution >= 0.6 is 11.3 Å². The van der Waals surface area contributed by atoms with Crippen LogP contribution in [0.1, 0.15) is 32.8 Å². The molecule has 1 aliphatic rings. The van der Waals surface area contributed by atoms with Gasteiger partial charge in [0, 0.05) is 10.9 Å². The van der Waals surface area contributed by atoms with Crippen molar-refractivity contribution in [2.75, 3.05) is 25.1 Å². The number of carbonyl (C=O) groups excluding carboxylic acids is 2. The largest absolute Gasteiger partial charge is 0.444 e. The molecule has 3 rings (SSSR count). The predicted molar refractivity (Wildman–Crippen MR) is 114 cm³/mol. The topological polar surface area (TPSA) is 89.5 Å². The maximum absolute atomic E-state index is 12.1. The number of nitrogens with one attached hydrogen (secondary N) is 2. The van der Waals surface area contributed by atoms with Gasteiger partial charge in [-0.1, -0.05) is 24.3 Å². The summed E-state index contributed by atoms with van der Waals surface area (Å²) in [5.74, 6) is -0.363. The van der Waals surface area contributed by atoms with E-state index in [4.69, 9.17) is 9.47 Å². The molecule has 0 saturated heterocycles. The summed E-state index contributed by atoms with van der Waals surface area (Å²) in [4.78, 5) is 28.2. The number of aromatic nitrogens is 1. The molecule has 0 aliphatic carbocycles. The second-order valence-corrected chi connectivity index (χ2v) is 8.43. The van der Waals surface area contributed by atoms with Gasteiger partial charge in [-0.2, -0.15) is 0 Å². The Hall–Kier alpha value is -2.71. The molecule has 1 aliphatic heterocycles. The van der Waals surface area contributed by atoms with Gasteiger partial charge >= 0.3 is 6.09 Å². The van der Waals surface area contributed by atoms with E-state index in [0.717, 1.165) is 29.8 Å². The van der Waals surface area contributed by atoms with Gasteiger partial charge in [0.05, 0.1) is 18.9 Å². The Labute approximate surface area is 174 Å². The van der Waals surface area contributed by atoms with Gasteiger partial charge in [-0.15, -0.1) is 11.3 Å². The standard InChI is InChI=1S/C21H25N3O4S/c1-21(2,3)28-20(26)22-12-18(25)24-19-23-17(13-29-19)16-6-4-5-15(11-16)14-7-9-27-10-8-14/h4-7,11,13H,8-10,12H2,1-3H3,(H,22,26)(H,23,24,25). The van der Waals surface area contributed by atoms with Crippen LogP contribution in [0.25, 0.3) is 16.8 Å². The van der Waals surface area contributed by atoms with Crippen LogP contribution in [0.5, 0.6) is 0 Å². The molecule has 2 N–H and O–H groups in total. The number of amides is 2. The Bertz CT molecular complexity index is 915. The second-order valence-electron chi connectivity index (χ2n) is 7.58. The molecule has 0 fully saturated rings. The van der Waals surface area contributed by atoms with E-state index in [2.05, 4.69) is 33.8 Å². The Morgan fingerprint density at radius 1 is 1.28 bits per heavy atom. The van der Waals surface area contributed by atoms with Crippen molar-refractivity contribution in [2.45, 2.75) is 32.8 Å². The third kappa shape index (κ3) is 6.40. The molecule has 154 valence electrons. The first kappa shape index (κ1) is 21.0. The fourth-order valence-electron chi connectivity index (χ4n) is 2.76. The number of carbonyl (C=O) groups is 2. The normalized spacial score (nSPS) is 14.1. The molecule has 2 aromatic rings. The minimum atomic E-state index is -0.633. The molecule has 8 heteroatoms. The van der Waals surface area contributed by atoms with Crippen LogP contribution in [0.15, 0.2) is 35.7 Å². The lowest BCUT2D eigenvalue weighted by atomic mass is 9.99. The summed E-state index contributed by atoms with van der Waals surface area (Å²) in [5, 5.41) is 7.50. The highest BCUT2D eigenvalue weighted by Gasteiger charge is 2.17. The molecule has 0 saturated carbocycles. The zero-order chi connectivity index (χ0) is 20.9. The number of rotatable bonds is 5. The number of nitrogens with zero attached hydrogens (tertiary/aromatic N) is 1. The zero-order valence-electron chi connectivity index (χ0n) is 16.8. The van der Waals surface area contributed by atoms with Crippen LogP contribution in [0.3, 0.4) is 0 Å². The van der Waals surface area contributed by atoms with Gasteiger partial charge in [0.2, 0.25) is 5.91 Å². The summed E-state index contributed by atoms with van der Waals surface area (Å²) < 4.78 is 10.5. The lowest BCUT2D eigenvalue weighted by Crippen LogP contribution is -2.37. The van der Waals surface area contributed by atoms with Crippen molar-refractivity contribution < 1.29 is 19.1 Å². The second kappa shape index (κ2) is 9.19. The summed E-state index contributed by atoms with van der Waals surface area (Å²) in [6.45, 7) is 6.48. The average Bonchev–Trinajstić information content (AvgIpc) is 3.14. The number of benzene rings is 1. The van der Waals surface area contributed by atoms with Gasteiger partial charge in [0.15, 0.2) is 5.13 Å². The zero-order valence-corrected chi connectivity index (χ0v) is 17.6. The first-order chi connectivity index (χ1) is 13.8. The summed E-state index contributed by atoms with van der Waals surface area (Å²) in [6, 6.07) is 8.18. The summed E-state index contributed by atoms with van der Waals surface area (Å²) in [5.41, 5.74) is 3.60. The van der Waals surface area contributed by atoms with E-state index in [-0.39, 0.29) is 12.5 Å². The van der Waals surface area contributed by atoms with Crippen LogP contribution < -0.4 is 10.6 Å². The van der Waals surface area contributed by atoms with Crippen molar-refractivity contribution in [3.8, 4) is 11.3 Å². The highest BCUT2D eigenvalue weighted by molar-refractivity contribution is 7.14. The molecule has 1 aromatic heterocycles. The van der Waals surface area contributed by atoms with Crippen molar-refractivity contribution in [2.24, 2.45) is 0 Å².